The number of hydrogen-bond acceptors (Lipinski definition) is 6. The minimum Gasteiger partial charge on any atom is -0.497 e. The van der Waals surface area contributed by atoms with Crippen molar-refractivity contribution in [2.75, 3.05) is 32.2 Å². The molecule has 0 aliphatic carbocycles. The third-order valence-corrected chi connectivity index (χ3v) is 5.11. The smallest absolute Gasteiger partial charge is 0.433 e. The van der Waals surface area contributed by atoms with Crippen LogP contribution in [0.5, 0.6) is 11.5 Å². The molecule has 3 heterocycles. The van der Waals surface area contributed by atoms with Crippen molar-refractivity contribution < 1.29 is 22.6 Å². The average molecular weight is 430 g/mol. The highest BCUT2D eigenvalue weighted by atomic mass is 19.4. The van der Waals surface area contributed by atoms with Crippen LogP contribution < -0.4 is 14.4 Å². The van der Waals surface area contributed by atoms with Gasteiger partial charge in [-0.3, -0.25) is 4.98 Å². The van der Waals surface area contributed by atoms with Crippen molar-refractivity contribution in [1.29, 1.82) is 0 Å². The van der Waals surface area contributed by atoms with Crippen LogP contribution in [-0.4, -0.2) is 42.3 Å². The van der Waals surface area contributed by atoms with E-state index in [1.54, 1.807) is 38.5 Å². The molecule has 0 spiro atoms. The largest absolute Gasteiger partial charge is 0.497 e. The number of rotatable bonds is 6. The van der Waals surface area contributed by atoms with Crippen LogP contribution in [0.4, 0.5) is 19.0 Å². The maximum absolute atomic E-state index is 13.4. The summed E-state index contributed by atoms with van der Waals surface area (Å²) in [7, 11) is 3.19. The quantitative estimate of drug-likeness (QED) is 0.583. The summed E-state index contributed by atoms with van der Waals surface area (Å²) in [6.45, 7) is 1.19. The Hall–Kier alpha value is -3.36. The zero-order valence-corrected chi connectivity index (χ0v) is 17.1. The molecule has 0 N–H and O–H groups in total. The highest BCUT2D eigenvalue weighted by molar-refractivity contribution is 5.55. The molecule has 1 fully saturated rings. The van der Waals surface area contributed by atoms with E-state index in [1.165, 1.54) is 6.20 Å². The Bertz CT molecular complexity index is 1030. The summed E-state index contributed by atoms with van der Waals surface area (Å²) in [4.78, 5) is 13.9. The van der Waals surface area contributed by atoms with Crippen molar-refractivity contribution in [3.05, 3.63) is 59.9 Å². The van der Waals surface area contributed by atoms with Crippen molar-refractivity contribution in [3.63, 3.8) is 0 Å². The van der Waals surface area contributed by atoms with E-state index in [1.807, 2.05) is 17.0 Å². The lowest BCUT2D eigenvalue weighted by atomic mass is 9.92. The number of hydrogen-bond donors (Lipinski definition) is 0. The second-order valence-corrected chi connectivity index (χ2v) is 7.34. The number of aromatic nitrogens is 3. The van der Waals surface area contributed by atoms with Gasteiger partial charge in [0.1, 0.15) is 23.0 Å². The Morgan fingerprint density at radius 1 is 1.00 bits per heavy atom. The average Bonchev–Trinajstić information content (AvgIpc) is 2.75. The molecular formula is C22H21F3N4O2. The Kier molecular flexibility index (Phi) is 5.67. The standard InChI is InChI=1S/C22H21F3N4O2/c1-30-16-8-14(9-17(10-16)31-2)7-15-12-29(13-15)20-11-19(22(23,24)25)27-21(28-20)18-5-3-4-6-26-18/h3-6,8-11,15H,7,12-13H2,1-2H3. The zero-order chi connectivity index (χ0) is 22.0. The molecule has 0 radical (unpaired) electrons. The summed E-state index contributed by atoms with van der Waals surface area (Å²) >= 11 is 0. The maximum atomic E-state index is 13.4. The van der Waals surface area contributed by atoms with E-state index in [-0.39, 0.29) is 17.6 Å². The Morgan fingerprint density at radius 2 is 1.71 bits per heavy atom. The number of halogens is 3. The fourth-order valence-electron chi connectivity index (χ4n) is 3.55. The highest BCUT2D eigenvalue weighted by Gasteiger charge is 2.36. The molecule has 162 valence electrons. The van der Waals surface area contributed by atoms with Crippen molar-refractivity contribution in [1.82, 2.24) is 15.0 Å². The van der Waals surface area contributed by atoms with Gasteiger partial charge in [0.15, 0.2) is 11.5 Å². The van der Waals surface area contributed by atoms with Crippen molar-refractivity contribution >= 4 is 5.82 Å². The molecule has 4 rings (SSSR count). The Balaban J connectivity index is 1.53. The molecule has 6 nitrogen and oxygen atoms in total. The third-order valence-electron chi connectivity index (χ3n) is 5.11. The molecule has 0 saturated carbocycles. The number of benzene rings is 1. The van der Waals surface area contributed by atoms with Gasteiger partial charge in [-0.05, 0) is 42.2 Å². The summed E-state index contributed by atoms with van der Waals surface area (Å²) in [5, 5.41) is 0. The fourth-order valence-corrected chi connectivity index (χ4v) is 3.55. The van der Waals surface area contributed by atoms with Crippen LogP contribution in [0, 0.1) is 5.92 Å². The van der Waals surface area contributed by atoms with E-state index >= 15 is 0 Å². The lowest BCUT2D eigenvalue weighted by Gasteiger charge is -2.40. The lowest BCUT2D eigenvalue weighted by Crippen LogP contribution is -2.48. The van der Waals surface area contributed by atoms with Crippen molar-refractivity contribution in [2.45, 2.75) is 12.6 Å². The second-order valence-electron chi connectivity index (χ2n) is 7.34. The van der Waals surface area contributed by atoms with Gasteiger partial charge < -0.3 is 14.4 Å². The molecule has 2 aromatic heterocycles. The van der Waals surface area contributed by atoms with Gasteiger partial charge in [0.2, 0.25) is 0 Å². The predicted octanol–water partition coefficient (Wildman–Crippen LogP) is 4.25. The van der Waals surface area contributed by atoms with Crippen LogP contribution in [0.1, 0.15) is 11.3 Å². The van der Waals surface area contributed by atoms with Gasteiger partial charge in [-0.25, -0.2) is 9.97 Å². The lowest BCUT2D eigenvalue weighted by molar-refractivity contribution is -0.141. The first kappa shape index (κ1) is 20.9. The molecule has 31 heavy (non-hydrogen) atoms. The molecule has 0 atom stereocenters. The minimum atomic E-state index is -4.57. The molecule has 1 aliphatic heterocycles. The molecule has 1 saturated heterocycles. The number of ether oxygens (including phenoxy) is 2. The number of alkyl halides is 3. The number of anilines is 1. The molecule has 9 heteroatoms. The molecule has 0 bridgehead atoms. The number of nitrogens with zero attached hydrogens (tertiary/aromatic N) is 4. The van der Waals surface area contributed by atoms with Gasteiger partial charge in [0, 0.05) is 31.4 Å². The summed E-state index contributed by atoms with van der Waals surface area (Å²) < 4.78 is 50.8. The summed E-state index contributed by atoms with van der Waals surface area (Å²) in [5.41, 5.74) is 0.378. The van der Waals surface area contributed by atoms with Gasteiger partial charge in [0.05, 0.1) is 14.2 Å². The summed E-state index contributed by atoms with van der Waals surface area (Å²) in [6, 6.07) is 11.6. The highest BCUT2D eigenvalue weighted by Crippen LogP contribution is 2.34. The maximum Gasteiger partial charge on any atom is 0.433 e. The van der Waals surface area contributed by atoms with Crippen LogP contribution in [0.25, 0.3) is 11.5 Å². The van der Waals surface area contributed by atoms with E-state index in [0.717, 1.165) is 18.1 Å². The monoisotopic (exact) mass is 430 g/mol. The van der Waals surface area contributed by atoms with Crippen LogP contribution in [0.15, 0.2) is 48.7 Å². The fraction of sp³-hybridized carbons (Fsp3) is 0.318. The van der Waals surface area contributed by atoms with E-state index in [0.29, 0.717) is 30.3 Å². The van der Waals surface area contributed by atoms with Gasteiger partial charge in [-0.1, -0.05) is 6.07 Å². The molecule has 1 aliphatic rings. The number of pyridine rings is 1. The van der Waals surface area contributed by atoms with Crippen LogP contribution >= 0.6 is 0 Å². The number of methoxy groups -OCH3 is 2. The zero-order valence-electron chi connectivity index (χ0n) is 17.1. The van der Waals surface area contributed by atoms with Crippen LogP contribution in [0.3, 0.4) is 0 Å². The molecule has 1 aromatic carbocycles. The van der Waals surface area contributed by atoms with Crippen molar-refractivity contribution in [2.24, 2.45) is 5.92 Å². The molecular weight excluding hydrogens is 409 g/mol. The molecule has 0 unspecified atom stereocenters. The summed E-state index contributed by atoms with van der Waals surface area (Å²) in [5.74, 6) is 1.90. The second kappa shape index (κ2) is 8.41. The first-order valence-corrected chi connectivity index (χ1v) is 9.70. The summed E-state index contributed by atoms with van der Waals surface area (Å²) in [6.07, 6.45) is -2.31. The van der Waals surface area contributed by atoms with E-state index in [9.17, 15) is 13.2 Å². The van der Waals surface area contributed by atoms with E-state index in [2.05, 4.69) is 15.0 Å². The first-order chi connectivity index (χ1) is 14.9. The first-order valence-electron chi connectivity index (χ1n) is 9.70. The van der Waals surface area contributed by atoms with Gasteiger partial charge in [-0.15, -0.1) is 0 Å². The topological polar surface area (TPSA) is 60.4 Å². The third kappa shape index (κ3) is 4.70. The van der Waals surface area contributed by atoms with Gasteiger partial charge in [0.25, 0.3) is 0 Å². The van der Waals surface area contributed by atoms with Crippen LogP contribution in [0.2, 0.25) is 0 Å². The molecule has 3 aromatic rings. The predicted molar refractivity (Wildman–Crippen MR) is 109 cm³/mol. The normalized spacial score (nSPS) is 14.3. The SMILES string of the molecule is COc1cc(CC2CN(c3cc(C(F)(F)F)nc(-c4ccccn4)n3)C2)cc(OC)c1. The minimum absolute atomic E-state index is 0.0357. The van der Waals surface area contributed by atoms with Gasteiger partial charge in [-0.2, -0.15) is 13.2 Å². The molecule has 0 amide bonds. The van der Waals surface area contributed by atoms with E-state index < -0.39 is 11.9 Å². The van der Waals surface area contributed by atoms with Gasteiger partial charge >= 0.3 is 6.18 Å². The van der Waals surface area contributed by atoms with Crippen molar-refractivity contribution in [3.8, 4) is 23.0 Å². The van der Waals surface area contributed by atoms with Crippen LogP contribution in [-0.2, 0) is 12.6 Å². The Labute approximate surface area is 177 Å². The van der Waals surface area contributed by atoms with E-state index in [4.69, 9.17) is 9.47 Å². The Morgan fingerprint density at radius 3 is 2.29 bits per heavy atom.